The monoisotopic (exact) mass is 349 g/mol. The van der Waals surface area contributed by atoms with Crippen molar-refractivity contribution in [3.63, 3.8) is 0 Å². The van der Waals surface area contributed by atoms with Crippen molar-refractivity contribution in [1.29, 1.82) is 0 Å². The van der Waals surface area contributed by atoms with Gasteiger partial charge in [0, 0.05) is 38.0 Å². The Morgan fingerprint density at radius 1 is 1.42 bits per heavy atom. The number of aromatic nitrogens is 2. The maximum atomic E-state index is 13.2. The van der Waals surface area contributed by atoms with Gasteiger partial charge >= 0.3 is 0 Å². The van der Waals surface area contributed by atoms with Gasteiger partial charge < -0.3 is 14.4 Å². The first-order valence-corrected chi connectivity index (χ1v) is 8.62. The molecule has 0 aliphatic carbocycles. The SMILES string of the molecule is CC1CN(C(=O)c2c(Cl)ccc3cn[nH]c23)CC2(CCOCC2)O1. The van der Waals surface area contributed by atoms with Crippen LogP contribution in [0.5, 0.6) is 0 Å². The Labute approximate surface area is 145 Å². The molecule has 1 atom stereocenters. The largest absolute Gasteiger partial charge is 0.381 e. The predicted octanol–water partition coefficient (Wildman–Crippen LogP) is 2.63. The minimum absolute atomic E-state index is 0.0134. The first kappa shape index (κ1) is 15.9. The van der Waals surface area contributed by atoms with Crippen molar-refractivity contribution in [2.24, 2.45) is 0 Å². The Balaban J connectivity index is 1.68. The van der Waals surface area contributed by atoms with E-state index in [1.807, 2.05) is 17.9 Å². The van der Waals surface area contributed by atoms with Crippen LogP contribution in [0.3, 0.4) is 0 Å². The maximum absolute atomic E-state index is 13.2. The van der Waals surface area contributed by atoms with Crippen molar-refractivity contribution in [2.45, 2.75) is 31.5 Å². The molecule has 1 amide bonds. The third-order valence-electron chi connectivity index (χ3n) is 4.88. The summed E-state index contributed by atoms with van der Waals surface area (Å²) in [6.07, 6.45) is 3.30. The Hall–Kier alpha value is -1.63. The van der Waals surface area contributed by atoms with Crippen LogP contribution >= 0.6 is 11.6 Å². The molecule has 3 heterocycles. The van der Waals surface area contributed by atoms with Gasteiger partial charge in [0.15, 0.2) is 0 Å². The molecular formula is C17H20ClN3O3. The summed E-state index contributed by atoms with van der Waals surface area (Å²) in [4.78, 5) is 15.1. The number of carbonyl (C=O) groups excluding carboxylic acids is 1. The highest BCUT2D eigenvalue weighted by atomic mass is 35.5. The molecule has 2 aliphatic heterocycles. The van der Waals surface area contributed by atoms with Crippen molar-refractivity contribution in [3.8, 4) is 0 Å². The second-order valence-corrected chi connectivity index (χ2v) is 7.07. The summed E-state index contributed by atoms with van der Waals surface area (Å²) < 4.78 is 11.7. The molecule has 0 bridgehead atoms. The molecular weight excluding hydrogens is 330 g/mol. The number of ether oxygens (including phenoxy) is 2. The van der Waals surface area contributed by atoms with E-state index in [2.05, 4.69) is 10.2 Å². The number of fused-ring (bicyclic) bond motifs is 1. The molecule has 2 fully saturated rings. The van der Waals surface area contributed by atoms with Gasteiger partial charge in [0.05, 0.1) is 40.5 Å². The minimum Gasteiger partial charge on any atom is -0.381 e. The summed E-state index contributed by atoms with van der Waals surface area (Å²) >= 11 is 6.34. The summed E-state index contributed by atoms with van der Waals surface area (Å²) in [6.45, 7) is 4.48. The Morgan fingerprint density at radius 2 is 2.21 bits per heavy atom. The van der Waals surface area contributed by atoms with E-state index >= 15 is 0 Å². The van der Waals surface area contributed by atoms with Gasteiger partial charge in [-0.2, -0.15) is 5.10 Å². The number of nitrogens with zero attached hydrogens (tertiary/aromatic N) is 2. The molecule has 1 aromatic carbocycles. The lowest BCUT2D eigenvalue weighted by Gasteiger charge is -2.47. The van der Waals surface area contributed by atoms with Gasteiger partial charge in [-0.25, -0.2) is 0 Å². The third-order valence-corrected chi connectivity index (χ3v) is 5.19. The van der Waals surface area contributed by atoms with Gasteiger partial charge in [-0.1, -0.05) is 11.6 Å². The standard InChI is InChI=1S/C17H20ClN3O3/c1-11-9-21(10-17(24-11)4-6-23-7-5-17)16(22)14-13(18)3-2-12-8-19-20-15(12)14/h2-3,8,11H,4-7,9-10H2,1H3,(H,19,20). The molecule has 0 radical (unpaired) electrons. The number of carbonyl (C=O) groups is 1. The predicted molar refractivity (Wildman–Crippen MR) is 90.3 cm³/mol. The number of amides is 1. The van der Waals surface area contributed by atoms with Crippen LogP contribution in [0.2, 0.25) is 5.02 Å². The zero-order valence-electron chi connectivity index (χ0n) is 13.5. The smallest absolute Gasteiger partial charge is 0.257 e. The van der Waals surface area contributed by atoms with E-state index in [0.29, 0.717) is 42.4 Å². The van der Waals surface area contributed by atoms with Gasteiger partial charge in [-0.15, -0.1) is 0 Å². The van der Waals surface area contributed by atoms with Crippen molar-refractivity contribution in [1.82, 2.24) is 15.1 Å². The number of morpholine rings is 1. The molecule has 1 N–H and O–H groups in total. The molecule has 7 heteroatoms. The van der Waals surface area contributed by atoms with Gasteiger partial charge in [-0.3, -0.25) is 9.89 Å². The molecule has 6 nitrogen and oxygen atoms in total. The van der Waals surface area contributed by atoms with E-state index in [0.717, 1.165) is 18.2 Å². The highest BCUT2D eigenvalue weighted by molar-refractivity contribution is 6.35. The number of H-pyrrole nitrogens is 1. The number of hydrogen-bond donors (Lipinski definition) is 1. The number of aromatic amines is 1. The summed E-state index contributed by atoms with van der Waals surface area (Å²) in [5.74, 6) is -0.0733. The Morgan fingerprint density at radius 3 is 3.00 bits per heavy atom. The van der Waals surface area contributed by atoms with Gasteiger partial charge in [0.2, 0.25) is 0 Å². The number of halogens is 1. The van der Waals surface area contributed by atoms with Gasteiger partial charge in [0.1, 0.15) is 0 Å². The normalized spacial score (nSPS) is 23.8. The van der Waals surface area contributed by atoms with Crippen molar-refractivity contribution < 1.29 is 14.3 Å². The molecule has 1 spiro atoms. The number of benzene rings is 1. The fourth-order valence-corrected chi connectivity index (χ4v) is 3.99. The summed E-state index contributed by atoms with van der Waals surface area (Å²) in [6, 6.07) is 3.61. The zero-order chi connectivity index (χ0) is 16.7. The quantitative estimate of drug-likeness (QED) is 0.859. The molecule has 0 saturated carbocycles. The average molecular weight is 350 g/mol. The zero-order valence-corrected chi connectivity index (χ0v) is 14.3. The molecule has 128 valence electrons. The first-order chi connectivity index (χ1) is 11.6. The summed E-state index contributed by atoms with van der Waals surface area (Å²) in [7, 11) is 0. The lowest BCUT2D eigenvalue weighted by atomic mass is 9.91. The molecule has 1 aromatic heterocycles. The lowest BCUT2D eigenvalue weighted by molar-refractivity contribution is -0.176. The van der Waals surface area contributed by atoms with Crippen LogP contribution in [-0.4, -0.2) is 59.0 Å². The topological polar surface area (TPSA) is 67.5 Å². The fraction of sp³-hybridized carbons (Fsp3) is 0.529. The maximum Gasteiger partial charge on any atom is 0.257 e. The molecule has 1 unspecified atom stereocenters. The second-order valence-electron chi connectivity index (χ2n) is 6.67. The van der Waals surface area contributed by atoms with Crippen LogP contribution < -0.4 is 0 Å². The fourth-order valence-electron chi connectivity index (χ4n) is 3.75. The van der Waals surface area contributed by atoms with Gasteiger partial charge in [-0.05, 0) is 19.1 Å². The van der Waals surface area contributed by atoms with Crippen LogP contribution in [0.15, 0.2) is 18.3 Å². The van der Waals surface area contributed by atoms with E-state index in [1.165, 1.54) is 0 Å². The molecule has 4 rings (SSSR count). The number of hydrogen-bond acceptors (Lipinski definition) is 4. The minimum atomic E-state index is -0.306. The average Bonchev–Trinajstić information content (AvgIpc) is 3.02. The molecule has 2 aromatic rings. The van der Waals surface area contributed by atoms with E-state index in [1.54, 1.807) is 12.3 Å². The Bertz CT molecular complexity index is 770. The van der Waals surface area contributed by atoms with Crippen molar-refractivity contribution >= 4 is 28.4 Å². The highest BCUT2D eigenvalue weighted by Crippen LogP contribution is 2.33. The van der Waals surface area contributed by atoms with Crippen LogP contribution in [0.4, 0.5) is 0 Å². The Kier molecular flexibility index (Phi) is 3.98. The lowest BCUT2D eigenvalue weighted by Crippen LogP contribution is -2.58. The molecule has 24 heavy (non-hydrogen) atoms. The van der Waals surface area contributed by atoms with Crippen LogP contribution in [0.25, 0.3) is 10.9 Å². The van der Waals surface area contributed by atoms with E-state index in [4.69, 9.17) is 21.1 Å². The van der Waals surface area contributed by atoms with E-state index < -0.39 is 0 Å². The van der Waals surface area contributed by atoms with Crippen LogP contribution in [0.1, 0.15) is 30.1 Å². The van der Waals surface area contributed by atoms with Crippen molar-refractivity contribution in [3.05, 3.63) is 28.9 Å². The van der Waals surface area contributed by atoms with E-state index in [9.17, 15) is 4.79 Å². The number of rotatable bonds is 1. The third kappa shape index (κ3) is 2.68. The second kappa shape index (κ2) is 6.02. The van der Waals surface area contributed by atoms with Crippen LogP contribution in [0, 0.1) is 0 Å². The van der Waals surface area contributed by atoms with E-state index in [-0.39, 0.29) is 17.6 Å². The highest BCUT2D eigenvalue weighted by Gasteiger charge is 2.42. The van der Waals surface area contributed by atoms with Crippen molar-refractivity contribution in [2.75, 3.05) is 26.3 Å². The summed E-state index contributed by atoms with van der Waals surface area (Å²) in [5.41, 5.74) is 0.871. The van der Waals surface area contributed by atoms with Crippen LogP contribution in [-0.2, 0) is 9.47 Å². The summed E-state index contributed by atoms with van der Waals surface area (Å²) in [5, 5.41) is 8.25. The number of nitrogens with one attached hydrogen (secondary N) is 1. The van der Waals surface area contributed by atoms with Gasteiger partial charge in [0.25, 0.3) is 5.91 Å². The molecule has 2 saturated heterocycles. The first-order valence-electron chi connectivity index (χ1n) is 8.24. The molecule has 2 aliphatic rings.